The zero-order valence-corrected chi connectivity index (χ0v) is 10.9. The Morgan fingerprint density at radius 3 is 2.62 bits per heavy atom. The van der Waals surface area contributed by atoms with Crippen LogP contribution in [0.3, 0.4) is 0 Å². The number of aromatic nitrogens is 2. The van der Waals surface area contributed by atoms with Crippen LogP contribution in [0.25, 0.3) is 0 Å². The lowest BCUT2D eigenvalue weighted by atomic mass is 10.2. The molecule has 1 aromatic rings. The molecule has 0 saturated heterocycles. The van der Waals surface area contributed by atoms with Crippen LogP contribution in [-0.4, -0.2) is 28.3 Å². The maximum atomic E-state index is 5.81. The largest absolute Gasteiger partial charge is 0.374 e. The average Bonchev–Trinajstić information content (AvgIpc) is 2.57. The first kappa shape index (κ1) is 13.2. The molecular formula is C12H23N3O. The van der Waals surface area contributed by atoms with E-state index in [1.54, 1.807) is 0 Å². The van der Waals surface area contributed by atoms with Crippen molar-refractivity contribution in [1.29, 1.82) is 0 Å². The average molecular weight is 225 g/mol. The van der Waals surface area contributed by atoms with Gasteiger partial charge in [0.25, 0.3) is 0 Å². The minimum Gasteiger partial charge on any atom is -0.374 e. The van der Waals surface area contributed by atoms with E-state index in [-0.39, 0.29) is 11.6 Å². The second kappa shape index (κ2) is 5.46. The molecular weight excluding hydrogens is 202 g/mol. The Balaban J connectivity index is 2.65. The van der Waals surface area contributed by atoms with E-state index in [4.69, 9.17) is 4.74 Å². The van der Waals surface area contributed by atoms with Crippen LogP contribution in [0.5, 0.6) is 0 Å². The third-order valence-corrected chi connectivity index (χ3v) is 2.30. The van der Waals surface area contributed by atoms with Gasteiger partial charge in [0.1, 0.15) is 5.82 Å². The second-order valence-electron chi connectivity index (χ2n) is 4.93. The van der Waals surface area contributed by atoms with E-state index in [1.807, 2.05) is 24.0 Å². The number of hydrogen-bond donors (Lipinski definition) is 1. The molecule has 0 aliphatic carbocycles. The van der Waals surface area contributed by atoms with Crippen molar-refractivity contribution in [1.82, 2.24) is 14.9 Å². The van der Waals surface area contributed by atoms with Gasteiger partial charge in [0.05, 0.1) is 18.2 Å². The van der Waals surface area contributed by atoms with E-state index < -0.39 is 0 Å². The zero-order chi connectivity index (χ0) is 12.2. The summed E-state index contributed by atoms with van der Waals surface area (Å²) in [5, 5.41) is 3.39. The number of imidazole rings is 1. The lowest BCUT2D eigenvalue weighted by Crippen LogP contribution is -2.31. The van der Waals surface area contributed by atoms with Gasteiger partial charge in [-0.05, 0) is 27.3 Å². The van der Waals surface area contributed by atoms with Gasteiger partial charge in [-0.3, -0.25) is 0 Å². The van der Waals surface area contributed by atoms with Crippen molar-refractivity contribution < 1.29 is 4.74 Å². The molecule has 0 saturated carbocycles. The van der Waals surface area contributed by atoms with Gasteiger partial charge in [0.15, 0.2) is 0 Å². The molecule has 0 bridgehead atoms. The van der Waals surface area contributed by atoms with Gasteiger partial charge in [0.2, 0.25) is 0 Å². The molecule has 0 aliphatic rings. The molecule has 1 rings (SSSR count). The third-order valence-electron chi connectivity index (χ3n) is 2.30. The number of aryl methyl sites for hydroxylation is 1. The molecule has 1 N–H and O–H groups in total. The van der Waals surface area contributed by atoms with Gasteiger partial charge in [-0.25, -0.2) is 4.98 Å². The van der Waals surface area contributed by atoms with Gasteiger partial charge in [-0.15, -0.1) is 0 Å². The van der Waals surface area contributed by atoms with E-state index in [0.29, 0.717) is 6.61 Å². The number of rotatable bonds is 5. The first-order valence-corrected chi connectivity index (χ1v) is 5.78. The van der Waals surface area contributed by atoms with Crippen LogP contribution in [0.2, 0.25) is 0 Å². The van der Waals surface area contributed by atoms with E-state index in [0.717, 1.165) is 12.4 Å². The molecule has 92 valence electrons. The summed E-state index contributed by atoms with van der Waals surface area (Å²) in [6.07, 6.45) is 3.77. The highest BCUT2D eigenvalue weighted by Crippen LogP contribution is 2.15. The standard InChI is InChI=1S/C12H23N3O/c1-6-13-10(9-16-12(2,3)4)11-14-7-8-15(11)5/h7-8,10,13H,6,9H2,1-5H3. The Morgan fingerprint density at radius 1 is 1.50 bits per heavy atom. The molecule has 0 aliphatic heterocycles. The van der Waals surface area contributed by atoms with Crippen LogP contribution >= 0.6 is 0 Å². The lowest BCUT2D eigenvalue weighted by molar-refractivity contribution is -0.0159. The van der Waals surface area contributed by atoms with Gasteiger partial charge in [-0.1, -0.05) is 6.92 Å². The molecule has 0 fully saturated rings. The highest BCUT2D eigenvalue weighted by atomic mass is 16.5. The minimum atomic E-state index is -0.112. The predicted octanol–water partition coefficient (Wildman–Crippen LogP) is 1.89. The first-order valence-electron chi connectivity index (χ1n) is 5.78. The number of ether oxygens (including phenoxy) is 1. The number of nitrogens with zero attached hydrogens (tertiary/aromatic N) is 2. The topological polar surface area (TPSA) is 39.1 Å². The van der Waals surface area contributed by atoms with E-state index in [2.05, 4.69) is 38.0 Å². The van der Waals surface area contributed by atoms with Crippen molar-refractivity contribution in [3.05, 3.63) is 18.2 Å². The molecule has 0 amide bonds. The quantitative estimate of drug-likeness (QED) is 0.831. The van der Waals surface area contributed by atoms with Gasteiger partial charge >= 0.3 is 0 Å². The van der Waals surface area contributed by atoms with Gasteiger partial charge < -0.3 is 14.6 Å². The summed E-state index contributed by atoms with van der Waals surface area (Å²) in [4.78, 5) is 4.36. The van der Waals surface area contributed by atoms with Crippen molar-refractivity contribution in [3.63, 3.8) is 0 Å². The summed E-state index contributed by atoms with van der Waals surface area (Å²) >= 11 is 0. The highest BCUT2D eigenvalue weighted by molar-refractivity contribution is 4.98. The Morgan fingerprint density at radius 2 is 2.19 bits per heavy atom. The number of nitrogens with one attached hydrogen (secondary N) is 1. The monoisotopic (exact) mass is 225 g/mol. The Hall–Kier alpha value is -0.870. The molecule has 16 heavy (non-hydrogen) atoms. The summed E-state index contributed by atoms with van der Waals surface area (Å²) < 4.78 is 7.83. The Labute approximate surface area is 98.0 Å². The summed E-state index contributed by atoms with van der Waals surface area (Å²) in [6.45, 7) is 9.83. The number of hydrogen-bond acceptors (Lipinski definition) is 3. The summed E-state index contributed by atoms with van der Waals surface area (Å²) in [5.41, 5.74) is -0.112. The van der Waals surface area contributed by atoms with Crippen LogP contribution in [0, 0.1) is 0 Å². The van der Waals surface area contributed by atoms with Crippen LogP contribution in [-0.2, 0) is 11.8 Å². The molecule has 1 unspecified atom stereocenters. The summed E-state index contributed by atoms with van der Waals surface area (Å²) in [5.74, 6) is 1.02. The van der Waals surface area contributed by atoms with Crippen LogP contribution in [0.1, 0.15) is 39.6 Å². The maximum absolute atomic E-state index is 5.81. The van der Waals surface area contributed by atoms with Gasteiger partial charge in [0, 0.05) is 19.4 Å². The first-order chi connectivity index (χ1) is 7.44. The fourth-order valence-corrected chi connectivity index (χ4v) is 1.52. The Bertz CT molecular complexity index is 314. The van der Waals surface area contributed by atoms with Crippen molar-refractivity contribution in [3.8, 4) is 0 Å². The molecule has 1 atom stereocenters. The van der Waals surface area contributed by atoms with Crippen molar-refractivity contribution in [2.24, 2.45) is 7.05 Å². The Kier molecular flexibility index (Phi) is 4.50. The molecule has 0 spiro atoms. The molecule has 0 aromatic carbocycles. The minimum absolute atomic E-state index is 0.112. The van der Waals surface area contributed by atoms with E-state index in [9.17, 15) is 0 Å². The molecule has 1 aromatic heterocycles. The van der Waals surface area contributed by atoms with Crippen molar-refractivity contribution in [2.45, 2.75) is 39.3 Å². The number of likely N-dealkylation sites (N-methyl/N-ethyl adjacent to an activating group) is 1. The summed E-state index contributed by atoms with van der Waals surface area (Å²) in [7, 11) is 2.00. The third kappa shape index (κ3) is 3.94. The SMILES string of the molecule is CCNC(COC(C)(C)C)c1nccn1C. The van der Waals surface area contributed by atoms with Crippen molar-refractivity contribution in [2.75, 3.05) is 13.2 Å². The maximum Gasteiger partial charge on any atom is 0.127 e. The normalized spacial score (nSPS) is 14.1. The van der Waals surface area contributed by atoms with Crippen LogP contribution in [0.15, 0.2) is 12.4 Å². The molecule has 4 heteroatoms. The second-order valence-corrected chi connectivity index (χ2v) is 4.93. The van der Waals surface area contributed by atoms with Crippen LogP contribution in [0.4, 0.5) is 0 Å². The van der Waals surface area contributed by atoms with E-state index in [1.165, 1.54) is 0 Å². The predicted molar refractivity (Wildman–Crippen MR) is 65.3 cm³/mol. The van der Waals surface area contributed by atoms with Crippen molar-refractivity contribution >= 4 is 0 Å². The molecule has 0 radical (unpaired) electrons. The fraction of sp³-hybridized carbons (Fsp3) is 0.750. The van der Waals surface area contributed by atoms with Crippen LogP contribution < -0.4 is 5.32 Å². The zero-order valence-electron chi connectivity index (χ0n) is 10.9. The summed E-state index contributed by atoms with van der Waals surface area (Å²) in [6, 6.07) is 0.157. The van der Waals surface area contributed by atoms with Gasteiger partial charge in [-0.2, -0.15) is 0 Å². The molecule has 1 heterocycles. The van der Waals surface area contributed by atoms with E-state index >= 15 is 0 Å². The highest BCUT2D eigenvalue weighted by Gasteiger charge is 2.18. The lowest BCUT2D eigenvalue weighted by Gasteiger charge is -2.24. The smallest absolute Gasteiger partial charge is 0.127 e. The fourth-order valence-electron chi connectivity index (χ4n) is 1.52. The molecule has 4 nitrogen and oxygen atoms in total.